The minimum Gasteiger partial charge on any atom is -0.437 e. The van der Waals surface area contributed by atoms with Gasteiger partial charge in [0.1, 0.15) is 0 Å². The van der Waals surface area contributed by atoms with Crippen molar-refractivity contribution in [2.75, 3.05) is 13.6 Å². The lowest BCUT2D eigenvalue weighted by atomic mass is 9.98. The van der Waals surface area contributed by atoms with Gasteiger partial charge in [-0.05, 0) is 41.5 Å². The van der Waals surface area contributed by atoms with Crippen molar-refractivity contribution in [3.63, 3.8) is 0 Å². The highest BCUT2D eigenvalue weighted by Gasteiger charge is 2.24. The molecule has 0 unspecified atom stereocenters. The fraction of sp³-hybridized carbons (Fsp3) is 0.833. The smallest absolute Gasteiger partial charge is 0.375 e. The summed E-state index contributed by atoms with van der Waals surface area (Å²) >= 11 is 0. The van der Waals surface area contributed by atoms with E-state index in [0.717, 1.165) is 0 Å². The number of rotatable bonds is 6. The van der Waals surface area contributed by atoms with Gasteiger partial charge in [-0.25, -0.2) is 13.6 Å². The van der Waals surface area contributed by atoms with Crippen LogP contribution >= 0.6 is 8.25 Å². The van der Waals surface area contributed by atoms with Gasteiger partial charge in [0.25, 0.3) is 0 Å². The highest BCUT2D eigenvalue weighted by Crippen LogP contribution is 2.25. The monoisotopic (exact) mass is 309 g/mol. The molecule has 20 heavy (non-hydrogen) atoms. The van der Waals surface area contributed by atoms with Gasteiger partial charge in [0.05, 0.1) is 10.8 Å². The van der Waals surface area contributed by atoms with Crippen molar-refractivity contribution in [3.05, 3.63) is 0 Å². The zero-order chi connectivity index (χ0) is 16.0. The maximum atomic E-state index is 11.4. The summed E-state index contributed by atoms with van der Waals surface area (Å²) in [6, 6.07) is 0. The van der Waals surface area contributed by atoms with Gasteiger partial charge >= 0.3 is 20.2 Å². The normalized spacial score (nSPS) is 11.9. The third-order valence-electron chi connectivity index (χ3n) is 1.92. The molecule has 0 bridgehead atoms. The molecule has 117 valence electrons. The van der Waals surface area contributed by atoms with Crippen LogP contribution in [0.1, 0.15) is 41.5 Å². The molecule has 0 aliphatic carbocycles. The van der Waals surface area contributed by atoms with Gasteiger partial charge in [-0.1, -0.05) is 0 Å². The summed E-state index contributed by atoms with van der Waals surface area (Å²) in [5.74, 6) is -0.972. The van der Waals surface area contributed by atoms with Crippen LogP contribution in [-0.4, -0.2) is 25.5 Å². The van der Waals surface area contributed by atoms with Crippen molar-refractivity contribution >= 4 is 20.2 Å². The van der Waals surface area contributed by atoms with Crippen molar-refractivity contribution in [2.24, 2.45) is 10.8 Å². The molecule has 0 amide bonds. The zero-order valence-electron chi connectivity index (χ0n) is 12.7. The number of hydrogen-bond donors (Lipinski definition) is 0. The van der Waals surface area contributed by atoms with Crippen LogP contribution in [0.15, 0.2) is 0 Å². The Morgan fingerprint density at radius 1 is 0.800 bits per heavy atom. The molecule has 0 aliphatic heterocycles. The maximum Gasteiger partial charge on any atom is 0.375 e. The molecule has 0 heterocycles. The lowest BCUT2D eigenvalue weighted by Gasteiger charge is -2.16. The molecule has 1 radical (unpaired) electrons. The lowest BCUT2D eigenvalue weighted by molar-refractivity contribution is -0.161. The van der Waals surface area contributed by atoms with E-state index in [1.54, 1.807) is 41.5 Å². The first kappa shape index (κ1) is 19.0. The third kappa shape index (κ3) is 8.19. The van der Waals surface area contributed by atoms with Crippen LogP contribution in [0.4, 0.5) is 0 Å². The molecule has 0 fully saturated rings. The number of esters is 2. The molecule has 0 aromatic carbocycles. The second-order valence-corrected chi connectivity index (χ2v) is 7.04. The van der Waals surface area contributed by atoms with Gasteiger partial charge in [0.2, 0.25) is 13.6 Å². The summed E-state index contributed by atoms with van der Waals surface area (Å²) in [7, 11) is -2.52. The SMILES string of the molecule is CC(C)(C)C(=O)OCO[P](=O)OCOC(=O)C(C)(C)C. The predicted octanol–water partition coefficient (Wildman–Crippen LogP) is 2.77. The third-order valence-corrected chi connectivity index (χ3v) is 2.55. The van der Waals surface area contributed by atoms with E-state index in [0.29, 0.717) is 0 Å². The molecule has 0 aromatic heterocycles. The van der Waals surface area contributed by atoms with E-state index < -0.39 is 44.6 Å². The zero-order valence-corrected chi connectivity index (χ0v) is 13.6. The molecule has 0 aliphatic rings. The molecule has 0 saturated carbocycles. The Balaban J connectivity index is 3.82. The molecular weight excluding hydrogens is 287 g/mol. The predicted molar refractivity (Wildman–Crippen MR) is 70.6 cm³/mol. The first-order chi connectivity index (χ1) is 8.94. The Hall–Kier alpha value is -1.04. The standard InChI is InChI=1S/C12H22O7P/c1-11(2,3)9(13)16-7-18-20(15)19-8-17-10(14)12(4,5)6/h7-8H2,1-6H3. The van der Waals surface area contributed by atoms with Crippen molar-refractivity contribution in [1.29, 1.82) is 0 Å². The summed E-state index contributed by atoms with van der Waals surface area (Å²) in [5, 5.41) is 0. The fourth-order valence-corrected chi connectivity index (χ4v) is 1.07. The van der Waals surface area contributed by atoms with Crippen LogP contribution in [0.2, 0.25) is 0 Å². The van der Waals surface area contributed by atoms with Gasteiger partial charge in [-0.2, -0.15) is 0 Å². The van der Waals surface area contributed by atoms with Gasteiger partial charge in [-0.15, -0.1) is 0 Å². The number of carbonyl (C=O) groups excluding carboxylic acids is 2. The first-order valence-electron chi connectivity index (χ1n) is 6.02. The summed E-state index contributed by atoms with van der Waals surface area (Å²) in [5.41, 5.74) is -1.34. The molecular formula is C12H22O7P. The summed E-state index contributed by atoms with van der Waals surface area (Å²) in [4.78, 5) is 22.7. The average Bonchev–Trinajstić information content (AvgIpc) is 2.26. The van der Waals surface area contributed by atoms with Crippen molar-refractivity contribution in [1.82, 2.24) is 0 Å². The van der Waals surface area contributed by atoms with E-state index in [4.69, 9.17) is 9.47 Å². The second-order valence-electron chi connectivity index (χ2n) is 6.08. The van der Waals surface area contributed by atoms with Crippen LogP contribution < -0.4 is 0 Å². The minimum atomic E-state index is -2.52. The van der Waals surface area contributed by atoms with E-state index in [-0.39, 0.29) is 0 Å². The van der Waals surface area contributed by atoms with E-state index in [1.807, 2.05) is 0 Å². The number of carbonyl (C=O) groups is 2. The molecule has 0 saturated heterocycles. The van der Waals surface area contributed by atoms with Gasteiger partial charge in [0.15, 0.2) is 0 Å². The van der Waals surface area contributed by atoms with Crippen LogP contribution in [0.3, 0.4) is 0 Å². The van der Waals surface area contributed by atoms with E-state index in [9.17, 15) is 14.2 Å². The molecule has 0 spiro atoms. The van der Waals surface area contributed by atoms with Crippen molar-refractivity contribution < 1.29 is 32.7 Å². The van der Waals surface area contributed by atoms with Gasteiger partial charge in [-0.3, -0.25) is 9.59 Å². The second kappa shape index (κ2) is 7.67. The highest BCUT2D eigenvalue weighted by molar-refractivity contribution is 7.33. The maximum absolute atomic E-state index is 11.4. The van der Waals surface area contributed by atoms with Crippen molar-refractivity contribution in [3.8, 4) is 0 Å². The molecule has 0 rings (SSSR count). The highest BCUT2D eigenvalue weighted by atomic mass is 31.1. The van der Waals surface area contributed by atoms with Crippen LogP contribution in [-0.2, 0) is 32.7 Å². The average molecular weight is 309 g/mol. The number of hydrogen-bond acceptors (Lipinski definition) is 7. The molecule has 8 heteroatoms. The van der Waals surface area contributed by atoms with E-state index >= 15 is 0 Å². The van der Waals surface area contributed by atoms with Crippen LogP contribution in [0.25, 0.3) is 0 Å². The Bertz CT molecular complexity index is 331. The molecule has 0 N–H and O–H groups in total. The van der Waals surface area contributed by atoms with E-state index in [1.165, 1.54) is 0 Å². The Kier molecular flexibility index (Phi) is 7.27. The summed E-state index contributed by atoms with van der Waals surface area (Å²) in [6.45, 7) is 9.10. The topological polar surface area (TPSA) is 88.1 Å². The molecule has 0 atom stereocenters. The Morgan fingerprint density at radius 3 is 1.35 bits per heavy atom. The van der Waals surface area contributed by atoms with Crippen LogP contribution in [0, 0.1) is 10.8 Å². The summed E-state index contributed by atoms with van der Waals surface area (Å²) in [6.07, 6.45) is 0. The largest absolute Gasteiger partial charge is 0.437 e. The fourth-order valence-electron chi connectivity index (χ4n) is 0.716. The van der Waals surface area contributed by atoms with Gasteiger partial charge < -0.3 is 9.47 Å². The van der Waals surface area contributed by atoms with E-state index in [2.05, 4.69) is 9.05 Å². The number of ether oxygens (including phenoxy) is 2. The summed E-state index contributed by atoms with van der Waals surface area (Å²) < 4.78 is 29.9. The first-order valence-corrected chi connectivity index (χ1v) is 7.11. The quantitative estimate of drug-likeness (QED) is 0.423. The molecule has 0 aromatic rings. The van der Waals surface area contributed by atoms with Gasteiger partial charge in [0, 0.05) is 0 Å². The van der Waals surface area contributed by atoms with Crippen LogP contribution in [0.5, 0.6) is 0 Å². The molecule has 7 nitrogen and oxygen atoms in total. The Labute approximate surface area is 119 Å². The minimum absolute atomic E-state index is 0.486. The lowest BCUT2D eigenvalue weighted by Crippen LogP contribution is -2.24. The Morgan fingerprint density at radius 2 is 1.10 bits per heavy atom. The van der Waals surface area contributed by atoms with Crippen molar-refractivity contribution in [2.45, 2.75) is 41.5 Å².